The van der Waals surface area contributed by atoms with E-state index in [0.29, 0.717) is 19.3 Å². The average molecular weight is 1010 g/mol. The molecule has 0 bridgehead atoms. The van der Waals surface area contributed by atoms with Crippen LogP contribution in [-0.4, -0.2) is 37.2 Å². The van der Waals surface area contributed by atoms with Crippen LogP contribution in [0.3, 0.4) is 0 Å². The van der Waals surface area contributed by atoms with Crippen molar-refractivity contribution in [1.82, 2.24) is 0 Å². The lowest BCUT2D eigenvalue weighted by molar-refractivity contribution is -0.167. The van der Waals surface area contributed by atoms with Gasteiger partial charge in [-0.05, 0) is 128 Å². The SMILES string of the molecule is CC/C=C\C/C=C\C/C=C\C/C=C\C/C=C\CCCC(=O)OCC(COC(=O)CCCCCCCCCCC/C=C\C/C=C\CCCCCCC)OC(=O)CCC/C=C\C/C=C\C/C=C\C/C=C\C/C=C\CC. The molecule has 0 aromatic carbocycles. The minimum absolute atomic E-state index is 0.126. The van der Waals surface area contributed by atoms with Crippen LogP contribution in [0.15, 0.2) is 146 Å². The van der Waals surface area contributed by atoms with Gasteiger partial charge >= 0.3 is 17.9 Å². The second-order valence-electron chi connectivity index (χ2n) is 18.8. The second kappa shape index (κ2) is 59.8. The molecule has 0 saturated heterocycles. The molecule has 0 N–H and O–H groups in total. The van der Waals surface area contributed by atoms with Crippen LogP contribution in [0.5, 0.6) is 0 Å². The molecule has 410 valence electrons. The maximum Gasteiger partial charge on any atom is 0.306 e. The molecule has 6 nitrogen and oxygen atoms in total. The Morgan fingerprint density at radius 1 is 0.288 bits per heavy atom. The highest BCUT2D eigenvalue weighted by Crippen LogP contribution is 2.13. The van der Waals surface area contributed by atoms with Gasteiger partial charge in [-0.2, -0.15) is 0 Å². The van der Waals surface area contributed by atoms with Gasteiger partial charge in [-0.25, -0.2) is 0 Å². The smallest absolute Gasteiger partial charge is 0.306 e. The normalized spacial score (nSPS) is 13.2. The van der Waals surface area contributed by atoms with Crippen molar-refractivity contribution in [2.75, 3.05) is 13.2 Å². The topological polar surface area (TPSA) is 78.9 Å². The number of esters is 3. The standard InChI is InChI=1S/C67H106O6/c1-4-7-10-13-16-19-22-25-28-31-32-33-34-37-39-42-45-48-51-54-57-60-66(69)72-63-64(73-67(70)61-58-55-52-49-46-43-40-36-30-27-24-21-18-15-12-9-6-3)62-71-65(68)59-56-53-50-47-44-41-38-35-29-26-23-20-17-14-11-8-5-2/h8-9,11-12,17-18,20-22,25-27,29-32,38,40-41,43,47,49-50,52,64H,4-7,10,13-16,19,23-24,28,33-37,39,42,44-46,48,51,53-63H2,1-3H3/b11-8-,12-9-,20-17-,21-18-,25-22-,29-26-,30-27-,32-31-,41-38-,43-40-,50-47-,52-49-. The van der Waals surface area contributed by atoms with Crippen molar-refractivity contribution in [3.63, 3.8) is 0 Å². The van der Waals surface area contributed by atoms with Crippen LogP contribution in [0, 0.1) is 0 Å². The van der Waals surface area contributed by atoms with Crippen molar-refractivity contribution in [2.24, 2.45) is 0 Å². The Labute approximate surface area is 448 Å². The van der Waals surface area contributed by atoms with Gasteiger partial charge in [0.1, 0.15) is 13.2 Å². The molecule has 0 fully saturated rings. The molecule has 0 spiro atoms. The molecular weight excluding hydrogens is 901 g/mol. The Morgan fingerprint density at radius 2 is 0.548 bits per heavy atom. The Kier molecular flexibility index (Phi) is 56.0. The number of carbonyl (C=O) groups is 3. The fourth-order valence-corrected chi connectivity index (χ4v) is 7.48. The third-order valence-electron chi connectivity index (χ3n) is 11.8. The van der Waals surface area contributed by atoms with E-state index < -0.39 is 6.10 Å². The highest BCUT2D eigenvalue weighted by Gasteiger charge is 2.19. The van der Waals surface area contributed by atoms with Gasteiger partial charge in [-0.1, -0.05) is 237 Å². The molecule has 0 aliphatic heterocycles. The number of ether oxygens (including phenoxy) is 3. The summed E-state index contributed by atoms with van der Waals surface area (Å²) in [7, 11) is 0. The molecule has 6 heteroatoms. The molecule has 0 aliphatic rings. The van der Waals surface area contributed by atoms with E-state index >= 15 is 0 Å². The van der Waals surface area contributed by atoms with Crippen molar-refractivity contribution in [1.29, 1.82) is 0 Å². The molecule has 0 radical (unpaired) electrons. The van der Waals surface area contributed by atoms with Gasteiger partial charge in [0.25, 0.3) is 0 Å². The van der Waals surface area contributed by atoms with E-state index in [1.54, 1.807) is 0 Å². The Bertz CT molecular complexity index is 1630. The first-order valence-corrected chi connectivity index (χ1v) is 29.3. The van der Waals surface area contributed by atoms with E-state index in [1.165, 1.54) is 83.5 Å². The van der Waals surface area contributed by atoms with Crippen LogP contribution in [-0.2, 0) is 28.6 Å². The van der Waals surface area contributed by atoms with Crippen LogP contribution in [0.4, 0.5) is 0 Å². The summed E-state index contributed by atoms with van der Waals surface area (Å²) >= 11 is 0. The fraction of sp³-hybridized carbons (Fsp3) is 0.597. The molecule has 0 heterocycles. The molecule has 0 rings (SSSR count). The van der Waals surface area contributed by atoms with Crippen LogP contribution in [0.1, 0.15) is 239 Å². The molecule has 0 amide bonds. The summed E-state index contributed by atoms with van der Waals surface area (Å²) in [5, 5.41) is 0. The first-order valence-electron chi connectivity index (χ1n) is 29.3. The van der Waals surface area contributed by atoms with Gasteiger partial charge in [0, 0.05) is 19.3 Å². The van der Waals surface area contributed by atoms with Crippen molar-refractivity contribution < 1.29 is 28.6 Å². The van der Waals surface area contributed by atoms with Gasteiger partial charge in [0.2, 0.25) is 0 Å². The van der Waals surface area contributed by atoms with Gasteiger partial charge in [-0.15, -0.1) is 0 Å². The molecular formula is C67H106O6. The monoisotopic (exact) mass is 1010 g/mol. The summed E-state index contributed by atoms with van der Waals surface area (Å²) in [5.41, 5.74) is 0. The van der Waals surface area contributed by atoms with Gasteiger partial charge in [0.15, 0.2) is 6.10 Å². The first kappa shape index (κ1) is 68.3. The maximum absolute atomic E-state index is 12.8. The maximum atomic E-state index is 12.8. The van der Waals surface area contributed by atoms with E-state index in [1.807, 2.05) is 0 Å². The zero-order valence-electron chi connectivity index (χ0n) is 46.8. The van der Waals surface area contributed by atoms with Gasteiger partial charge in [0.05, 0.1) is 0 Å². The third kappa shape index (κ3) is 58.1. The number of rotatable bonds is 51. The third-order valence-corrected chi connectivity index (χ3v) is 11.8. The molecule has 1 unspecified atom stereocenters. The van der Waals surface area contributed by atoms with E-state index in [-0.39, 0.29) is 44.0 Å². The lowest BCUT2D eigenvalue weighted by Crippen LogP contribution is -2.30. The number of hydrogen-bond donors (Lipinski definition) is 0. The molecule has 73 heavy (non-hydrogen) atoms. The Morgan fingerprint density at radius 3 is 0.890 bits per heavy atom. The van der Waals surface area contributed by atoms with Gasteiger partial charge in [-0.3, -0.25) is 14.4 Å². The summed E-state index contributed by atoms with van der Waals surface area (Å²) in [6.45, 7) is 6.29. The predicted molar refractivity (Wildman–Crippen MR) is 315 cm³/mol. The number of unbranched alkanes of at least 4 members (excludes halogenated alkanes) is 16. The van der Waals surface area contributed by atoms with Crippen molar-refractivity contribution >= 4 is 17.9 Å². The van der Waals surface area contributed by atoms with Crippen LogP contribution in [0.2, 0.25) is 0 Å². The summed E-state index contributed by atoms with van der Waals surface area (Å²) in [5.74, 6) is -1.06. The van der Waals surface area contributed by atoms with Crippen molar-refractivity contribution in [3.05, 3.63) is 146 Å². The highest BCUT2D eigenvalue weighted by atomic mass is 16.6. The molecule has 0 saturated carbocycles. The van der Waals surface area contributed by atoms with Crippen LogP contribution >= 0.6 is 0 Å². The van der Waals surface area contributed by atoms with Crippen molar-refractivity contribution in [2.45, 2.75) is 245 Å². The van der Waals surface area contributed by atoms with E-state index in [9.17, 15) is 14.4 Å². The Hall–Kier alpha value is -4.71. The van der Waals surface area contributed by atoms with Crippen LogP contribution in [0.25, 0.3) is 0 Å². The minimum Gasteiger partial charge on any atom is -0.462 e. The fourth-order valence-electron chi connectivity index (χ4n) is 7.48. The van der Waals surface area contributed by atoms with E-state index in [4.69, 9.17) is 14.2 Å². The minimum atomic E-state index is -0.840. The van der Waals surface area contributed by atoms with Crippen LogP contribution < -0.4 is 0 Å². The van der Waals surface area contributed by atoms with E-state index in [2.05, 4.69) is 167 Å². The summed E-state index contributed by atoms with van der Waals surface area (Å²) in [6, 6.07) is 0. The Balaban J connectivity index is 4.56. The van der Waals surface area contributed by atoms with E-state index in [0.717, 1.165) is 103 Å². The lowest BCUT2D eigenvalue weighted by atomic mass is 10.1. The molecule has 0 aromatic rings. The largest absolute Gasteiger partial charge is 0.462 e. The molecule has 0 aliphatic carbocycles. The molecule has 1 atom stereocenters. The van der Waals surface area contributed by atoms with Gasteiger partial charge < -0.3 is 14.2 Å². The van der Waals surface area contributed by atoms with Crippen molar-refractivity contribution in [3.8, 4) is 0 Å². The predicted octanol–water partition coefficient (Wildman–Crippen LogP) is 20.0. The first-order chi connectivity index (χ1) is 36.0. The molecule has 0 aromatic heterocycles. The number of hydrogen-bond acceptors (Lipinski definition) is 6. The lowest BCUT2D eigenvalue weighted by Gasteiger charge is -2.18. The average Bonchev–Trinajstić information content (AvgIpc) is 3.39. The quantitative estimate of drug-likeness (QED) is 0.0261. The second-order valence-corrected chi connectivity index (χ2v) is 18.8. The number of carbonyl (C=O) groups excluding carboxylic acids is 3. The summed E-state index contributed by atoms with van der Waals surface area (Å²) in [4.78, 5) is 38.2. The summed E-state index contributed by atoms with van der Waals surface area (Å²) < 4.78 is 16.8. The zero-order valence-corrected chi connectivity index (χ0v) is 46.8. The zero-order chi connectivity index (χ0) is 52.9. The highest BCUT2D eigenvalue weighted by molar-refractivity contribution is 5.71. The number of allylic oxidation sites excluding steroid dienone is 24. The summed E-state index contributed by atoms with van der Waals surface area (Å²) in [6.07, 6.45) is 85.6.